The highest BCUT2D eigenvalue weighted by Gasteiger charge is 2.64. The van der Waals surface area contributed by atoms with Crippen molar-refractivity contribution in [2.24, 2.45) is 35.0 Å². The minimum absolute atomic E-state index is 0.675. The monoisotopic (exact) mass is 172 g/mol. The lowest BCUT2D eigenvalue weighted by Crippen LogP contribution is -2.22. The van der Waals surface area contributed by atoms with Crippen molar-refractivity contribution in [3.63, 3.8) is 0 Å². The fourth-order valence-electron chi connectivity index (χ4n) is 4.45. The van der Waals surface area contributed by atoms with Gasteiger partial charge in [0.25, 0.3) is 0 Å². The zero-order valence-corrected chi connectivity index (χ0v) is 8.11. The Morgan fingerprint density at radius 3 is 2.69 bits per heavy atom. The van der Waals surface area contributed by atoms with E-state index in [4.69, 9.17) is 0 Å². The summed E-state index contributed by atoms with van der Waals surface area (Å²) in [4.78, 5) is 0. The van der Waals surface area contributed by atoms with Gasteiger partial charge in [-0.15, -0.1) is 0 Å². The van der Waals surface area contributed by atoms with Crippen molar-refractivity contribution < 1.29 is 0 Å². The van der Waals surface area contributed by atoms with Gasteiger partial charge in [-0.05, 0) is 47.8 Å². The number of allylic oxidation sites excluding steroid dienone is 4. The van der Waals surface area contributed by atoms with E-state index in [1.165, 1.54) is 12.8 Å². The number of fused-ring (bicyclic) bond motifs is 6. The van der Waals surface area contributed by atoms with Crippen molar-refractivity contribution in [2.75, 3.05) is 0 Å². The molecule has 6 unspecified atom stereocenters. The van der Waals surface area contributed by atoms with Gasteiger partial charge >= 0.3 is 0 Å². The summed E-state index contributed by atoms with van der Waals surface area (Å²) < 4.78 is 0. The lowest BCUT2D eigenvalue weighted by atomic mass is 9.77. The minimum atomic E-state index is 0.675. The Kier molecular flexibility index (Phi) is 0.949. The maximum Gasteiger partial charge on any atom is -0.00497 e. The lowest BCUT2D eigenvalue weighted by Gasteiger charge is -2.26. The van der Waals surface area contributed by atoms with E-state index in [2.05, 4.69) is 31.2 Å². The summed E-state index contributed by atoms with van der Waals surface area (Å²) in [6, 6.07) is 0. The molecule has 0 saturated heterocycles. The van der Waals surface area contributed by atoms with Crippen LogP contribution in [0.4, 0.5) is 0 Å². The highest BCUT2D eigenvalue weighted by molar-refractivity contribution is 5.33. The van der Waals surface area contributed by atoms with Crippen LogP contribution in [0.5, 0.6) is 0 Å². The van der Waals surface area contributed by atoms with E-state index in [-0.39, 0.29) is 0 Å². The molecule has 68 valence electrons. The zero-order valence-electron chi connectivity index (χ0n) is 8.11. The number of hydrogen-bond acceptors (Lipinski definition) is 0. The van der Waals surface area contributed by atoms with Gasteiger partial charge in [0.2, 0.25) is 0 Å². The van der Waals surface area contributed by atoms with Gasteiger partial charge in [0.1, 0.15) is 0 Å². The maximum atomic E-state index is 2.57. The molecule has 0 nitrogen and oxygen atoms in total. The van der Waals surface area contributed by atoms with E-state index < -0.39 is 0 Å². The molecule has 4 rings (SSSR count). The average Bonchev–Trinajstić information content (AvgIpc) is 2.60. The highest BCUT2D eigenvalue weighted by atomic mass is 14.7. The first-order valence-corrected chi connectivity index (χ1v) is 5.69. The van der Waals surface area contributed by atoms with E-state index in [9.17, 15) is 0 Å². The molecule has 0 heterocycles. The summed E-state index contributed by atoms with van der Waals surface area (Å²) in [5.74, 6) is 4.78. The normalized spacial score (nSPS) is 65.2. The molecule has 0 radical (unpaired) electrons. The number of hydrogen-bond donors (Lipinski definition) is 0. The molecule has 4 aliphatic rings. The molecule has 1 spiro atoms. The molecule has 2 bridgehead atoms. The SMILES string of the molecule is CC1CC12C=CC1C3C=CC(C3)C12. The van der Waals surface area contributed by atoms with Gasteiger partial charge in [0.15, 0.2) is 0 Å². The molecule has 0 N–H and O–H groups in total. The van der Waals surface area contributed by atoms with Crippen molar-refractivity contribution in [1.82, 2.24) is 0 Å². The van der Waals surface area contributed by atoms with Gasteiger partial charge in [-0.2, -0.15) is 0 Å². The van der Waals surface area contributed by atoms with E-state index in [1.807, 2.05) is 0 Å². The molecule has 13 heavy (non-hydrogen) atoms. The standard InChI is InChI=1S/C13H16/c1-8-7-13(8)5-4-11-9-2-3-10(6-9)12(11)13/h2-5,8-12H,6-7H2,1H3. The van der Waals surface area contributed by atoms with Gasteiger partial charge in [-0.25, -0.2) is 0 Å². The smallest absolute Gasteiger partial charge is 0.00497 e. The Hall–Kier alpha value is -0.520. The summed E-state index contributed by atoms with van der Waals surface area (Å²) >= 11 is 0. The topological polar surface area (TPSA) is 0 Å². The van der Waals surface area contributed by atoms with Gasteiger partial charge < -0.3 is 0 Å². The summed E-state index contributed by atoms with van der Waals surface area (Å²) in [5.41, 5.74) is 0.675. The third kappa shape index (κ3) is 0.600. The first-order chi connectivity index (χ1) is 6.31. The lowest BCUT2D eigenvalue weighted by molar-refractivity contribution is 0.277. The molecule has 0 aliphatic heterocycles. The quantitative estimate of drug-likeness (QED) is 0.493. The van der Waals surface area contributed by atoms with Crippen LogP contribution in [0.15, 0.2) is 24.3 Å². The molecule has 6 atom stereocenters. The Bertz CT molecular complexity index is 325. The second-order valence-electron chi connectivity index (χ2n) is 5.63. The molecule has 0 aromatic rings. The Morgan fingerprint density at radius 1 is 1.15 bits per heavy atom. The van der Waals surface area contributed by atoms with Gasteiger partial charge in [-0.3, -0.25) is 0 Å². The Morgan fingerprint density at radius 2 is 1.92 bits per heavy atom. The van der Waals surface area contributed by atoms with Crippen LogP contribution >= 0.6 is 0 Å². The third-order valence-electron chi connectivity index (χ3n) is 5.19. The maximum absolute atomic E-state index is 2.57. The largest absolute Gasteiger partial charge is 0.0848 e. The van der Waals surface area contributed by atoms with Crippen LogP contribution in [0.2, 0.25) is 0 Å². The molecule has 0 heteroatoms. The zero-order chi connectivity index (χ0) is 8.63. The van der Waals surface area contributed by atoms with Crippen molar-refractivity contribution in [3.05, 3.63) is 24.3 Å². The second-order valence-corrected chi connectivity index (χ2v) is 5.63. The van der Waals surface area contributed by atoms with Crippen molar-refractivity contribution in [3.8, 4) is 0 Å². The molecule has 2 saturated carbocycles. The predicted molar refractivity (Wildman–Crippen MR) is 53.1 cm³/mol. The fourth-order valence-corrected chi connectivity index (χ4v) is 4.45. The van der Waals surface area contributed by atoms with E-state index >= 15 is 0 Å². The van der Waals surface area contributed by atoms with E-state index in [1.54, 1.807) is 0 Å². The molecule has 4 aliphatic carbocycles. The van der Waals surface area contributed by atoms with Crippen LogP contribution in [0.3, 0.4) is 0 Å². The summed E-state index contributed by atoms with van der Waals surface area (Å²) in [6.45, 7) is 2.43. The van der Waals surface area contributed by atoms with Gasteiger partial charge in [0.05, 0.1) is 0 Å². The molecular weight excluding hydrogens is 156 g/mol. The van der Waals surface area contributed by atoms with Crippen molar-refractivity contribution in [1.29, 1.82) is 0 Å². The first-order valence-electron chi connectivity index (χ1n) is 5.69. The van der Waals surface area contributed by atoms with Crippen LogP contribution in [0.1, 0.15) is 19.8 Å². The van der Waals surface area contributed by atoms with Crippen LogP contribution in [-0.4, -0.2) is 0 Å². The summed E-state index contributed by atoms with van der Waals surface area (Å²) in [5, 5.41) is 0. The Labute approximate surface area is 79.7 Å². The third-order valence-corrected chi connectivity index (χ3v) is 5.19. The molecular formula is C13H16. The second kappa shape index (κ2) is 1.80. The predicted octanol–water partition coefficient (Wildman–Crippen LogP) is 3.02. The fraction of sp³-hybridized carbons (Fsp3) is 0.692. The van der Waals surface area contributed by atoms with Crippen LogP contribution in [0, 0.1) is 35.0 Å². The molecule has 0 amide bonds. The first kappa shape index (κ1) is 6.86. The summed E-state index contributed by atoms with van der Waals surface area (Å²) in [7, 11) is 0. The van der Waals surface area contributed by atoms with Gasteiger partial charge in [-0.1, -0.05) is 31.2 Å². The number of rotatable bonds is 0. The molecule has 2 fully saturated rings. The molecule has 0 aromatic heterocycles. The molecule has 0 aromatic carbocycles. The Balaban J connectivity index is 1.81. The van der Waals surface area contributed by atoms with Crippen LogP contribution in [0.25, 0.3) is 0 Å². The van der Waals surface area contributed by atoms with Crippen molar-refractivity contribution in [2.45, 2.75) is 19.8 Å². The van der Waals surface area contributed by atoms with Crippen LogP contribution in [-0.2, 0) is 0 Å². The minimum Gasteiger partial charge on any atom is -0.0848 e. The van der Waals surface area contributed by atoms with Gasteiger partial charge in [0, 0.05) is 0 Å². The summed E-state index contributed by atoms with van der Waals surface area (Å²) in [6.07, 6.45) is 13.0. The van der Waals surface area contributed by atoms with E-state index in [0.29, 0.717) is 5.41 Å². The van der Waals surface area contributed by atoms with E-state index in [0.717, 1.165) is 29.6 Å². The highest BCUT2D eigenvalue weighted by Crippen LogP contribution is 2.71. The average molecular weight is 172 g/mol. The van der Waals surface area contributed by atoms with Crippen LogP contribution < -0.4 is 0 Å². The van der Waals surface area contributed by atoms with Crippen molar-refractivity contribution >= 4 is 0 Å².